The van der Waals surface area contributed by atoms with Gasteiger partial charge in [0.15, 0.2) is 4.80 Å². The molecule has 2 aromatic carbocycles. The third-order valence-corrected chi connectivity index (χ3v) is 7.13. The minimum Gasteiger partial charge on any atom is -0.484 e. The maximum absolute atomic E-state index is 13.6. The van der Waals surface area contributed by atoms with Gasteiger partial charge in [0.05, 0.1) is 33.5 Å². The van der Waals surface area contributed by atoms with Gasteiger partial charge in [-0.1, -0.05) is 53.3 Å². The van der Waals surface area contributed by atoms with E-state index >= 15 is 0 Å². The lowest BCUT2D eigenvalue weighted by Crippen LogP contribution is -2.39. The first-order valence-corrected chi connectivity index (χ1v) is 13.0. The molecule has 1 aliphatic rings. The Hall–Kier alpha value is -3.95. The molecule has 2 aromatic heterocycles. The second-order valence-corrected chi connectivity index (χ2v) is 9.80. The topological polar surface area (TPSA) is 83.0 Å². The number of halogens is 2. The second kappa shape index (κ2) is 10.8. The van der Waals surface area contributed by atoms with Crippen LogP contribution in [0.25, 0.3) is 6.08 Å². The fraction of sp³-hybridized carbons (Fsp3) is 0.179. The number of carbonyl (C=O) groups is 1. The molecule has 5 rings (SSSR count). The zero-order valence-corrected chi connectivity index (χ0v) is 22.0. The number of fused-ring (bicyclic) bond motifs is 1. The summed E-state index contributed by atoms with van der Waals surface area (Å²) in [7, 11) is 0. The van der Waals surface area contributed by atoms with Crippen molar-refractivity contribution in [2.24, 2.45) is 4.99 Å². The van der Waals surface area contributed by atoms with E-state index in [0.717, 1.165) is 5.56 Å². The van der Waals surface area contributed by atoms with E-state index in [-0.39, 0.29) is 23.8 Å². The Morgan fingerprint density at radius 3 is 2.74 bits per heavy atom. The van der Waals surface area contributed by atoms with Crippen LogP contribution in [0.5, 0.6) is 5.75 Å². The van der Waals surface area contributed by atoms with Crippen LogP contribution in [0.2, 0.25) is 5.02 Å². The molecular weight excluding hydrogens is 531 g/mol. The number of esters is 1. The molecule has 0 saturated heterocycles. The molecule has 1 atom stereocenters. The molecular formula is C28H22ClFN2O5S. The molecule has 1 aliphatic heterocycles. The van der Waals surface area contributed by atoms with Crippen molar-refractivity contribution in [3.8, 4) is 5.75 Å². The van der Waals surface area contributed by atoms with E-state index in [1.54, 1.807) is 32.1 Å². The molecule has 4 aromatic rings. The molecule has 0 spiro atoms. The number of ether oxygens (including phenoxy) is 2. The summed E-state index contributed by atoms with van der Waals surface area (Å²) in [6.07, 6.45) is 1.63. The number of hydrogen-bond acceptors (Lipinski definition) is 7. The minimum atomic E-state index is -0.672. The molecule has 0 fully saturated rings. The summed E-state index contributed by atoms with van der Waals surface area (Å²) >= 11 is 7.22. The highest BCUT2D eigenvalue weighted by atomic mass is 35.5. The number of allylic oxidation sites excluding steroid dienone is 1. The fourth-order valence-electron chi connectivity index (χ4n) is 4.16. The van der Waals surface area contributed by atoms with Gasteiger partial charge in [-0.3, -0.25) is 9.36 Å². The van der Waals surface area contributed by atoms with Crippen LogP contribution in [0.1, 0.15) is 37.0 Å². The van der Waals surface area contributed by atoms with Crippen LogP contribution in [0.4, 0.5) is 4.39 Å². The Bertz CT molecular complexity index is 1720. The van der Waals surface area contributed by atoms with E-state index in [4.69, 9.17) is 25.5 Å². The van der Waals surface area contributed by atoms with Crippen LogP contribution in [0.3, 0.4) is 0 Å². The van der Waals surface area contributed by atoms with Crippen LogP contribution >= 0.6 is 22.9 Å². The first kappa shape index (κ1) is 25.7. The van der Waals surface area contributed by atoms with Gasteiger partial charge in [-0.15, -0.1) is 0 Å². The standard InChI is InChI=1S/C28H22ClFN2O5S/c1-3-35-27(34)24-16(2)31-28-32(25(24)17-7-5-4-6-8-17)26(33)23(38-28)14-19-10-11-20(37-19)15-36-22-12-9-18(30)13-21(22)29/h4-14,25H,3,15H2,1-2H3/t25-/m1/s1. The van der Waals surface area contributed by atoms with E-state index in [1.807, 2.05) is 30.3 Å². The predicted molar refractivity (Wildman–Crippen MR) is 141 cm³/mol. The van der Waals surface area contributed by atoms with Gasteiger partial charge >= 0.3 is 5.97 Å². The number of hydrogen-bond donors (Lipinski definition) is 0. The Balaban J connectivity index is 1.49. The molecule has 0 N–H and O–H groups in total. The van der Waals surface area contributed by atoms with Crippen molar-refractivity contribution in [1.82, 2.24) is 4.57 Å². The summed E-state index contributed by atoms with van der Waals surface area (Å²) in [4.78, 5) is 31.6. The van der Waals surface area contributed by atoms with E-state index in [0.29, 0.717) is 37.9 Å². The van der Waals surface area contributed by atoms with Crippen molar-refractivity contribution in [3.05, 3.63) is 120 Å². The highest BCUT2D eigenvalue weighted by molar-refractivity contribution is 7.07. The van der Waals surface area contributed by atoms with Crippen LogP contribution in [0, 0.1) is 5.82 Å². The summed E-state index contributed by atoms with van der Waals surface area (Å²) in [6.45, 7) is 3.75. The van der Waals surface area contributed by atoms with Gasteiger partial charge in [0, 0.05) is 6.08 Å². The molecule has 0 radical (unpaired) electrons. The minimum absolute atomic E-state index is 0.0660. The molecule has 0 aliphatic carbocycles. The van der Waals surface area contributed by atoms with Crippen LogP contribution < -0.4 is 19.6 Å². The molecule has 10 heteroatoms. The number of nitrogens with zero attached hydrogens (tertiary/aromatic N) is 2. The van der Waals surface area contributed by atoms with E-state index in [2.05, 4.69) is 4.99 Å². The number of carbonyl (C=O) groups excluding carboxylic acids is 1. The predicted octanol–water partition coefficient (Wildman–Crippen LogP) is 4.76. The lowest BCUT2D eigenvalue weighted by Gasteiger charge is -2.24. The van der Waals surface area contributed by atoms with Crippen LogP contribution in [-0.4, -0.2) is 17.1 Å². The Morgan fingerprint density at radius 2 is 2.00 bits per heavy atom. The maximum Gasteiger partial charge on any atom is 0.338 e. The quantitative estimate of drug-likeness (QED) is 0.309. The monoisotopic (exact) mass is 552 g/mol. The molecule has 0 bridgehead atoms. The van der Waals surface area contributed by atoms with Crippen LogP contribution in [0.15, 0.2) is 86.1 Å². The summed E-state index contributed by atoms with van der Waals surface area (Å²) in [5.41, 5.74) is 1.30. The molecule has 194 valence electrons. The van der Waals surface area contributed by atoms with Crippen molar-refractivity contribution >= 4 is 35.0 Å². The third-order valence-electron chi connectivity index (χ3n) is 5.85. The first-order valence-electron chi connectivity index (χ1n) is 11.8. The average molecular weight is 553 g/mol. The summed E-state index contributed by atoms with van der Waals surface area (Å²) in [5.74, 6) is 0.300. The van der Waals surface area contributed by atoms with Gasteiger partial charge in [-0.25, -0.2) is 14.2 Å². The molecule has 38 heavy (non-hydrogen) atoms. The number of rotatable bonds is 7. The third kappa shape index (κ3) is 5.07. The molecule has 0 amide bonds. The van der Waals surface area contributed by atoms with Crippen molar-refractivity contribution in [3.63, 3.8) is 0 Å². The molecule has 3 heterocycles. The highest BCUT2D eigenvalue weighted by Crippen LogP contribution is 2.30. The summed E-state index contributed by atoms with van der Waals surface area (Å²) in [5, 5.41) is 0.156. The lowest BCUT2D eigenvalue weighted by molar-refractivity contribution is -0.139. The average Bonchev–Trinajstić information content (AvgIpc) is 3.47. The Labute approximate surface area is 225 Å². The Kier molecular flexibility index (Phi) is 7.31. The first-order chi connectivity index (χ1) is 18.4. The lowest BCUT2D eigenvalue weighted by atomic mass is 9.96. The van der Waals surface area contributed by atoms with Crippen LogP contribution in [-0.2, 0) is 16.1 Å². The van der Waals surface area contributed by atoms with Gasteiger partial charge in [0.1, 0.15) is 29.7 Å². The van der Waals surface area contributed by atoms with Gasteiger partial charge in [-0.05, 0) is 49.7 Å². The van der Waals surface area contributed by atoms with E-state index in [9.17, 15) is 14.0 Å². The Morgan fingerprint density at radius 1 is 1.21 bits per heavy atom. The SMILES string of the molecule is CCOC(=O)C1=C(C)N=c2sc(=Cc3ccc(COc4ccc(F)cc4Cl)o3)c(=O)n2[C@@H]1c1ccccc1. The highest BCUT2D eigenvalue weighted by Gasteiger charge is 2.33. The van der Waals surface area contributed by atoms with Gasteiger partial charge in [0.25, 0.3) is 5.56 Å². The summed E-state index contributed by atoms with van der Waals surface area (Å²) < 4.78 is 31.9. The maximum atomic E-state index is 13.6. The molecule has 7 nitrogen and oxygen atoms in total. The fourth-order valence-corrected chi connectivity index (χ4v) is 5.41. The van der Waals surface area contributed by atoms with Crippen molar-refractivity contribution < 1.29 is 23.1 Å². The second-order valence-electron chi connectivity index (χ2n) is 8.38. The van der Waals surface area contributed by atoms with Gasteiger partial charge < -0.3 is 13.9 Å². The number of benzene rings is 2. The molecule has 0 unspecified atom stereocenters. The van der Waals surface area contributed by atoms with Crippen molar-refractivity contribution in [1.29, 1.82) is 0 Å². The molecule has 0 saturated carbocycles. The summed E-state index contributed by atoms with van der Waals surface area (Å²) in [6, 6.07) is 15.9. The number of aromatic nitrogens is 1. The zero-order chi connectivity index (χ0) is 26.8. The number of thiazole rings is 1. The normalized spacial score (nSPS) is 15.3. The van der Waals surface area contributed by atoms with Crippen molar-refractivity contribution in [2.45, 2.75) is 26.5 Å². The van der Waals surface area contributed by atoms with E-state index in [1.165, 1.54) is 34.1 Å². The zero-order valence-electron chi connectivity index (χ0n) is 20.4. The van der Waals surface area contributed by atoms with E-state index < -0.39 is 17.8 Å². The largest absolute Gasteiger partial charge is 0.484 e. The number of furan rings is 1. The van der Waals surface area contributed by atoms with Gasteiger partial charge in [0.2, 0.25) is 0 Å². The van der Waals surface area contributed by atoms with Crippen molar-refractivity contribution in [2.75, 3.05) is 6.61 Å². The smallest absolute Gasteiger partial charge is 0.338 e. The van der Waals surface area contributed by atoms with Gasteiger partial charge in [-0.2, -0.15) is 0 Å².